The van der Waals surface area contributed by atoms with E-state index in [1.54, 1.807) is 23.5 Å². The minimum atomic E-state index is -3.85. The number of nitrogens with one attached hydrogen (secondary N) is 1. The molecule has 0 saturated carbocycles. The molecular weight excluding hydrogens is 462 g/mol. The molecule has 8 nitrogen and oxygen atoms in total. The Bertz CT molecular complexity index is 1440. The van der Waals surface area contributed by atoms with Crippen molar-refractivity contribution in [3.8, 4) is 10.6 Å². The first kappa shape index (κ1) is 22.6. The van der Waals surface area contributed by atoms with Crippen LogP contribution >= 0.6 is 11.3 Å². The van der Waals surface area contributed by atoms with Crippen molar-refractivity contribution in [2.75, 3.05) is 11.9 Å². The van der Waals surface area contributed by atoms with Crippen LogP contribution in [0.4, 0.5) is 5.69 Å². The highest BCUT2D eigenvalue weighted by molar-refractivity contribution is 7.89. The minimum absolute atomic E-state index is 0.102. The van der Waals surface area contributed by atoms with E-state index in [-0.39, 0.29) is 10.5 Å². The van der Waals surface area contributed by atoms with Crippen LogP contribution in [0.3, 0.4) is 0 Å². The zero-order chi connectivity index (χ0) is 23.6. The van der Waals surface area contributed by atoms with Crippen LogP contribution < -0.4 is 10.5 Å². The average molecular weight is 482 g/mol. The number of nitrogens with two attached hydrogens (primary N) is 1. The molecule has 0 spiro atoms. The molecule has 0 aliphatic carbocycles. The van der Waals surface area contributed by atoms with Crippen molar-refractivity contribution in [1.29, 1.82) is 0 Å². The van der Waals surface area contributed by atoms with E-state index in [4.69, 9.17) is 9.88 Å². The van der Waals surface area contributed by atoms with Gasteiger partial charge in [0, 0.05) is 11.3 Å². The molecular formula is C23H19N3O5S2. The van der Waals surface area contributed by atoms with E-state index < -0.39 is 28.5 Å². The fraction of sp³-hybridized carbons (Fsp3) is 0.0870. The maximum atomic E-state index is 12.1. The second-order valence-electron chi connectivity index (χ2n) is 7.26. The molecule has 0 bridgehead atoms. The number of aryl methyl sites for hydroxylation is 1. The van der Waals surface area contributed by atoms with Gasteiger partial charge < -0.3 is 10.1 Å². The van der Waals surface area contributed by atoms with Gasteiger partial charge in [0.25, 0.3) is 5.91 Å². The Morgan fingerprint density at radius 3 is 2.39 bits per heavy atom. The summed E-state index contributed by atoms with van der Waals surface area (Å²) in [5.41, 5.74) is 3.71. The summed E-state index contributed by atoms with van der Waals surface area (Å²) in [5, 5.41) is 8.57. The number of esters is 1. The molecule has 33 heavy (non-hydrogen) atoms. The molecule has 1 amide bonds. The van der Waals surface area contributed by atoms with Crippen LogP contribution in [0, 0.1) is 6.92 Å². The van der Waals surface area contributed by atoms with Crippen LogP contribution in [0.15, 0.2) is 71.6 Å². The standard InChI is InChI=1S/C23H19N3O5S2/c1-14-2-11-19-20(12-14)32-22(26-19)15-3-7-17(8-4-15)25-21(27)13-31-23(28)16-5-9-18(10-6-16)33(24,29)30/h2-12H,13H2,1H3,(H,25,27)(H2,24,29,30). The van der Waals surface area contributed by atoms with E-state index in [2.05, 4.69) is 16.4 Å². The number of hydrogen-bond acceptors (Lipinski definition) is 7. The van der Waals surface area contributed by atoms with E-state index in [9.17, 15) is 18.0 Å². The molecule has 1 heterocycles. The highest BCUT2D eigenvalue weighted by atomic mass is 32.2. The molecule has 168 valence electrons. The molecule has 4 aromatic rings. The highest BCUT2D eigenvalue weighted by Gasteiger charge is 2.13. The van der Waals surface area contributed by atoms with Crippen LogP contribution in [0.25, 0.3) is 20.8 Å². The van der Waals surface area contributed by atoms with Gasteiger partial charge in [0.15, 0.2) is 6.61 Å². The number of amides is 1. The van der Waals surface area contributed by atoms with Gasteiger partial charge in [0.2, 0.25) is 10.0 Å². The Morgan fingerprint density at radius 2 is 1.73 bits per heavy atom. The number of nitrogens with zero attached hydrogens (tertiary/aromatic N) is 1. The number of anilines is 1. The molecule has 0 saturated heterocycles. The lowest BCUT2D eigenvalue weighted by Crippen LogP contribution is -2.21. The molecule has 0 radical (unpaired) electrons. The number of carbonyl (C=O) groups is 2. The van der Waals surface area contributed by atoms with Crippen LogP contribution in [0.5, 0.6) is 0 Å². The summed E-state index contributed by atoms with van der Waals surface area (Å²) in [6.07, 6.45) is 0. The van der Waals surface area contributed by atoms with E-state index in [1.807, 2.05) is 31.2 Å². The zero-order valence-electron chi connectivity index (χ0n) is 17.4. The summed E-state index contributed by atoms with van der Waals surface area (Å²) in [6, 6.07) is 18.3. The molecule has 0 unspecified atom stereocenters. The van der Waals surface area contributed by atoms with Crippen molar-refractivity contribution >= 4 is 49.1 Å². The highest BCUT2D eigenvalue weighted by Crippen LogP contribution is 2.31. The van der Waals surface area contributed by atoms with Gasteiger partial charge >= 0.3 is 5.97 Å². The van der Waals surface area contributed by atoms with Crippen LogP contribution in [-0.2, 0) is 19.6 Å². The second kappa shape index (κ2) is 9.10. The maximum absolute atomic E-state index is 12.1. The predicted octanol–water partition coefficient (Wildman–Crippen LogP) is 3.71. The van der Waals surface area contributed by atoms with Crippen molar-refractivity contribution in [2.45, 2.75) is 11.8 Å². The number of benzene rings is 3. The zero-order valence-corrected chi connectivity index (χ0v) is 19.1. The van der Waals surface area contributed by atoms with Gasteiger partial charge in [-0.05, 0) is 73.2 Å². The van der Waals surface area contributed by atoms with Crippen molar-refractivity contribution in [1.82, 2.24) is 4.98 Å². The topological polar surface area (TPSA) is 128 Å². The first-order valence-electron chi connectivity index (χ1n) is 9.76. The monoisotopic (exact) mass is 481 g/mol. The van der Waals surface area contributed by atoms with E-state index in [0.717, 1.165) is 20.8 Å². The molecule has 0 fully saturated rings. The van der Waals surface area contributed by atoms with Gasteiger partial charge in [-0.3, -0.25) is 4.79 Å². The third kappa shape index (κ3) is 5.43. The summed E-state index contributed by atoms with van der Waals surface area (Å²) in [5.74, 6) is -1.26. The quantitative estimate of drug-likeness (QED) is 0.404. The molecule has 0 atom stereocenters. The number of sulfonamides is 1. The van der Waals surface area contributed by atoms with Crippen LogP contribution in [0.1, 0.15) is 15.9 Å². The van der Waals surface area contributed by atoms with Gasteiger partial charge in [0.05, 0.1) is 20.7 Å². The number of aromatic nitrogens is 1. The average Bonchev–Trinajstić information content (AvgIpc) is 3.20. The number of rotatable bonds is 6. The molecule has 0 aliphatic heterocycles. The van der Waals surface area contributed by atoms with Gasteiger partial charge in [-0.2, -0.15) is 0 Å². The fourth-order valence-corrected chi connectivity index (χ4v) is 4.63. The van der Waals surface area contributed by atoms with Crippen molar-refractivity contribution in [3.63, 3.8) is 0 Å². The second-order valence-corrected chi connectivity index (χ2v) is 9.85. The van der Waals surface area contributed by atoms with Crippen molar-refractivity contribution in [2.24, 2.45) is 5.14 Å². The maximum Gasteiger partial charge on any atom is 0.338 e. The number of primary sulfonamides is 1. The smallest absolute Gasteiger partial charge is 0.338 e. The summed E-state index contributed by atoms with van der Waals surface area (Å²) in [7, 11) is -3.85. The first-order valence-corrected chi connectivity index (χ1v) is 12.1. The van der Waals surface area contributed by atoms with Gasteiger partial charge in [-0.15, -0.1) is 11.3 Å². The predicted molar refractivity (Wildman–Crippen MR) is 127 cm³/mol. The molecule has 0 aliphatic rings. The molecule has 4 rings (SSSR count). The van der Waals surface area contributed by atoms with Crippen molar-refractivity contribution in [3.05, 3.63) is 77.9 Å². The Labute approximate surface area is 194 Å². The number of hydrogen-bond donors (Lipinski definition) is 2. The van der Waals surface area contributed by atoms with E-state index in [1.165, 1.54) is 29.8 Å². The minimum Gasteiger partial charge on any atom is -0.452 e. The Balaban J connectivity index is 1.34. The van der Waals surface area contributed by atoms with E-state index >= 15 is 0 Å². The summed E-state index contributed by atoms with van der Waals surface area (Å²) >= 11 is 1.60. The van der Waals surface area contributed by atoms with Crippen LogP contribution in [-0.4, -0.2) is 31.9 Å². The lowest BCUT2D eigenvalue weighted by atomic mass is 10.2. The summed E-state index contributed by atoms with van der Waals surface area (Å²) < 4.78 is 28.6. The van der Waals surface area contributed by atoms with Crippen LogP contribution in [0.2, 0.25) is 0 Å². The number of thiazole rings is 1. The molecule has 10 heteroatoms. The SMILES string of the molecule is Cc1ccc2nc(-c3ccc(NC(=O)COC(=O)c4ccc(S(N)(=O)=O)cc4)cc3)sc2c1. The summed E-state index contributed by atoms with van der Waals surface area (Å²) in [6.45, 7) is 1.55. The summed E-state index contributed by atoms with van der Waals surface area (Å²) in [4.78, 5) is 28.7. The fourth-order valence-electron chi connectivity index (χ4n) is 3.04. The number of fused-ring (bicyclic) bond motifs is 1. The van der Waals surface area contributed by atoms with Crippen molar-refractivity contribution < 1.29 is 22.7 Å². The Morgan fingerprint density at radius 1 is 1.03 bits per heavy atom. The van der Waals surface area contributed by atoms with Gasteiger partial charge in [-0.25, -0.2) is 23.3 Å². The van der Waals surface area contributed by atoms with E-state index in [0.29, 0.717) is 5.69 Å². The molecule has 1 aromatic heterocycles. The lowest BCUT2D eigenvalue weighted by Gasteiger charge is -2.07. The first-order chi connectivity index (χ1) is 15.7. The number of carbonyl (C=O) groups excluding carboxylic acids is 2. The van der Waals surface area contributed by atoms with Gasteiger partial charge in [-0.1, -0.05) is 6.07 Å². The normalized spacial score (nSPS) is 11.3. The van der Waals surface area contributed by atoms with Gasteiger partial charge in [0.1, 0.15) is 5.01 Å². The lowest BCUT2D eigenvalue weighted by molar-refractivity contribution is -0.119. The third-order valence-electron chi connectivity index (χ3n) is 4.71. The Kier molecular flexibility index (Phi) is 6.23. The third-order valence-corrected chi connectivity index (χ3v) is 6.71. The number of ether oxygens (including phenoxy) is 1. The molecule has 3 aromatic carbocycles. The Hall–Kier alpha value is -3.60. The molecule has 3 N–H and O–H groups in total. The largest absolute Gasteiger partial charge is 0.452 e.